The molecule has 0 spiro atoms. The molecule has 0 saturated carbocycles. The molecule has 2 nitrogen and oxygen atoms in total. The van der Waals surface area contributed by atoms with Gasteiger partial charge >= 0.3 is 5.97 Å². The molecule has 0 aliphatic heterocycles. The van der Waals surface area contributed by atoms with Crippen LogP contribution in [0.15, 0.2) is 0 Å². The van der Waals surface area contributed by atoms with Crippen molar-refractivity contribution < 1.29 is 9.32 Å². The Bertz CT molecular complexity index is 183. The van der Waals surface area contributed by atoms with Crippen LogP contribution in [0.5, 0.6) is 0 Å². The monoisotopic (exact) mass is 260 g/mol. The zero-order chi connectivity index (χ0) is 13.1. The summed E-state index contributed by atoms with van der Waals surface area (Å²) in [5.41, 5.74) is -0.218. The molecule has 0 N–H and O–H groups in total. The third-order valence-corrected chi connectivity index (χ3v) is 3.78. The van der Waals surface area contributed by atoms with Crippen molar-refractivity contribution >= 4 is 15.4 Å². The van der Waals surface area contributed by atoms with Gasteiger partial charge in [-0.3, -0.25) is 4.79 Å². The van der Waals surface area contributed by atoms with Crippen molar-refractivity contribution in [1.82, 2.24) is 0 Å². The fraction of sp³-hybridized carbons (Fsp3) is 0.929. The van der Waals surface area contributed by atoms with Gasteiger partial charge in [0.2, 0.25) is 0 Å². The highest BCUT2D eigenvalue weighted by molar-refractivity contribution is 7.10. The Hall–Kier alpha value is -0.100. The average Bonchev–Trinajstić information content (AvgIpc) is 2.37. The molecule has 102 valence electrons. The molecular weight excluding hydrogens is 231 g/mol. The summed E-state index contributed by atoms with van der Waals surface area (Å²) >= 11 is 0. The fourth-order valence-electron chi connectivity index (χ4n) is 2.35. The van der Waals surface area contributed by atoms with E-state index >= 15 is 0 Å². The molecule has 0 rings (SSSR count). The maximum atomic E-state index is 12.1. The second kappa shape index (κ2) is 9.88. The van der Waals surface area contributed by atoms with E-state index in [2.05, 4.69) is 30.2 Å². The lowest BCUT2D eigenvalue weighted by Gasteiger charge is -2.31. The van der Waals surface area contributed by atoms with Gasteiger partial charge in [-0.15, -0.1) is 0 Å². The molecular formula is C14H29O2P. The van der Waals surface area contributed by atoms with Crippen molar-refractivity contribution in [2.24, 2.45) is 5.41 Å². The summed E-state index contributed by atoms with van der Waals surface area (Å²) in [6.45, 7) is 6.53. The summed E-state index contributed by atoms with van der Waals surface area (Å²) in [5, 5.41) is 0. The Kier molecular flexibility index (Phi) is 9.82. The lowest BCUT2D eigenvalue weighted by Crippen LogP contribution is -2.31. The third kappa shape index (κ3) is 5.86. The highest BCUT2D eigenvalue weighted by Crippen LogP contribution is 2.38. The number of carbonyl (C=O) groups is 1. The Balaban J connectivity index is 4.70. The molecule has 1 atom stereocenters. The second-order valence-corrected chi connectivity index (χ2v) is 5.23. The van der Waals surface area contributed by atoms with E-state index < -0.39 is 0 Å². The molecule has 0 aliphatic carbocycles. The standard InChI is InChI=1S/C14H29O2P/c1-4-7-10-14(11-8-5-2,12-9-6-3)13(15)16-17/h4-12,17H2,1-3H3. The number of carbonyl (C=O) groups excluding carboxylic acids is 1. The van der Waals surface area contributed by atoms with Crippen LogP contribution < -0.4 is 0 Å². The van der Waals surface area contributed by atoms with E-state index in [1.165, 1.54) is 0 Å². The Labute approximate surface area is 109 Å². The molecule has 17 heavy (non-hydrogen) atoms. The molecule has 0 saturated heterocycles. The van der Waals surface area contributed by atoms with E-state index in [1.807, 2.05) is 0 Å². The fourth-order valence-corrected chi connectivity index (χ4v) is 2.60. The van der Waals surface area contributed by atoms with Gasteiger partial charge in [0.05, 0.1) is 14.9 Å². The molecule has 0 aliphatic rings. The van der Waals surface area contributed by atoms with Gasteiger partial charge < -0.3 is 4.52 Å². The van der Waals surface area contributed by atoms with Crippen LogP contribution in [0.1, 0.15) is 78.6 Å². The summed E-state index contributed by atoms with van der Waals surface area (Å²) in [6, 6.07) is 0. The Morgan fingerprint density at radius 3 is 1.53 bits per heavy atom. The topological polar surface area (TPSA) is 26.3 Å². The van der Waals surface area contributed by atoms with Crippen LogP contribution in [-0.2, 0) is 9.32 Å². The second-order valence-electron chi connectivity index (χ2n) is 5.00. The van der Waals surface area contributed by atoms with Crippen LogP contribution in [0, 0.1) is 5.41 Å². The molecule has 0 radical (unpaired) electrons. The minimum atomic E-state index is -0.218. The van der Waals surface area contributed by atoms with Gasteiger partial charge in [0.1, 0.15) is 0 Å². The molecule has 3 heteroatoms. The van der Waals surface area contributed by atoms with Gasteiger partial charge in [-0.1, -0.05) is 59.3 Å². The SMILES string of the molecule is CCCCC(CCCC)(CCCC)C(=O)OP. The molecule has 0 heterocycles. The predicted molar refractivity (Wildman–Crippen MR) is 76.8 cm³/mol. The third-order valence-electron chi connectivity index (χ3n) is 3.57. The zero-order valence-electron chi connectivity index (χ0n) is 11.8. The lowest BCUT2D eigenvalue weighted by atomic mass is 9.74. The minimum Gasteiger partial charge on any atom is -0.451 e. The van der Waals surface area contributed by atoms with Crippen LogP contribution in [0.3, 0.4) is 0 Å². The van der Waals surface area contributed by atoms with E-state index in [-0.39, 0.29) is 11.4 Å². The summed E-state index contributed by atoms with van der Waals surface area (Å²) < 4.78 is 4.98. The lowest BCUT2D eigenvalue weighted by molar-refractivity contribution is -0.146. The summed E-state index contributed by atoms with van der Waals surface area (Å²) in [5.74, 6) is -0.0159. The molecule has 1 unspecified atom stereocenters. The number of rotatable bonds is 10. The van der Waals surface area contributed by atoms with Crippen LogP contribution in [-0.4, -0.2) is 5.97 Å². The van der Waals surface area contributed by atoms with Gasteiger partial charge in [0.15, 0.2) is 0 Å². The van der Waals surface area contributed by atoms with Gasteiger partial charge in [-0.2, -0.15) is 0 Å². The largest absolute Gasteiger partial charge is 0.451 e. The van der Waals surface area contributed by atoms with Crippen LogP contribution in [0.25, 0.3) is 0 Å². The highest BCUT2D eigenvalue weighted by atomic mass is 31.0. The molecule has 0 fully saturated rings. The number of hydrogen-bond donors (Lipinski definition) is 0. The van der Waals surface area contributed by atoms with E-state index in [4.69, 9.17) is 4.52 Å². The molecule has 0 aromatic heterocycles. The van der Waals surface area contributed by atoms with Crippen LogP contribution in [0.2, 0.25) is 0 Å². The van der Waals surface area contributed by atoms with Crippen molar-refractivity contribution in [2.75, 3.05) is 0 Å². The van der Waals surface area contributed by atoms with Crippen molar-refractivity contribution in [1.29, 1.82) is 0 Å². The number of hydrogen-bond acceptors (Lipinski definition) is 2. The smallest absolute Gasteiger partial charge is 0.314 e. The van der Waals surface area contributed by atoms with Crippen molar-refractivity contribution in [2.45, 2.75) is 78.6 Å². The van der Waals surface area contributed by atoms with Crippen molar-refractivity contribution in [3.63, 3.8) is 0 Å². The Morgan fingerprint density at radius 1 is 0.941 bits per heavy atom. The summed E-state index contributed by atoms with van der Waals surface area (Å²) in [4.78, 5) is 12.1. The van der Waals surface area contributed by atoms with Crippen molar-refractivity contribution in [3.05, 3.63) is 0 Å². The minimum absolute atomic E-state index is 0.0159. The van der Waals surface area contributed by atoms with Gasteiger partial charge in [-0.05, 0) is 19.3 Å². The average molecular weight is 260 g/mol. The van der Waals surface area contributed by atoms with E-state index in [0.717, 1.165) is 57.8 Å². The summed E-state index contributed by atoms with van der Waals surface area (Å²) in [6.07, 6.45) is 9.73. The van der Waals surface area contributed by atoms with Gasteiger partial charge in [0, 0.05) is 0 Å². The van der Waals surface area contributed by atoms with E-state index in [9.17, 15) is 4.79 Å². The van der Waals surface area contributed by atoms with E-state index in [0.29, 0.717) is 0 Å². The molecule has 0 aromatic rings. The maximum Gasteiger partial charge on any atom is 0.314 e. The van der Waals surface area contributed by atoms with Gasteiger partial charge in [0.25, 0.3) is 0 Å². The molecule has 0 amide bonds. The van der Waals surface area contributed by atoms with E-state index in [1.54, 1.807) is 0 Å². The molecule has 0 aromatic carbocycles. The normalized spacial score (nSPS) is 11.5. The van der Waals surface area contributed by atoms with Crippen LogP contribution >= 0.6 is 9.47 Å². The molecule has 0 bridgehead atoms. The first-order valence-corrected chi connectivity index (χ1v) is 7.55. The summed E-state index contributed by atoms with van der Waals surface area (Å²) in [7, 11) is 2.13. The first-order chi connectivity index (χ1) is 8.16. The van der Waals surface area contributed by atoms with Crippen molar-refractivity contribution in [3.8, 4) is 0 Å². The highest BCUT2D eigenvalue weighted by Gasteiger charge is 2.37. The predicted octanol–water partition coefficient (Wildman–Crippen LogP) is 4.88. The van der Waals surface area contributed by atoms with Crippen LogP contribution in [0.4, 0.5) is 0 Å². The quantitative estimate of drug-likeness (QED) is 0.523. The first kappa shape index (κ1) is 16.9. The maximum absolute atomic E-state index is 12.1. The zero-order valence-corrected chi connectivity index (χ0v) is 12.9. The van der Waals surface area contributed by atoms with Gasteiger partial charge in [-0.25, -0.2) is 0 Å². The Morgan fingerprint density at radius 2 is 1.29 bits per heavy atom. The first-order valence-electron chi connectivity index (χ1n) is 7.08. The number of unbranched alkanes of at least 4 members (excludes halogenated alkanes) is 3.